The van der Waals surface area contributed by atoms with Crippen LogP contribution in [-0.2, 0) is 24.8 Å². The van der Waals surface area contributed by atoms with Crippen molar-refractivity contribution in [3.05, 3.63) is 83.4 Å². The van der Waals surface area contributed by atoms with Crippen LogP contribution >= 0.6 is 11.6 Å². The first-order valence-corrected chi connectivity index (χ1v) is 12.0. The van der Waals surface area contributed by atoms with Crippen molar-refractivity contribution in [2.24, 2.45) is 0 Å². The number of anilines is 2. The standard InChI is InChI=1S/C20H17ClN2O6S2/c1-29-20(24)14-5-11-18(12-6-14)30(25,26)23-17-3-2-4-19(13-17)31(27,28)22-16-9-7-15(21)8-10-16/h2-13,22-23H,1H3. The molecule has 3 rings (SSSR count). The summed E-state index contributed by atoms with van der Waals surface area (Å²) in [6, 6.07) is 16.6. The summed E-state index contributed by atoms with van der Waals surface area (Å²) >= 11 is 5.80. The molecule has 0 spiro atoms. The van der Waals surface area contributed by atoms with E-state index in [-0.39, 0.29) is 21.0 Å². The zero-order valence-corrected chi connectivity index (χ0v) is 18.5. The molecule has 0 atom stereocenters. The summed E-state index contributed by atoms with van der Waals surface area (Å²) in [6.07, 6.45) is 0. The van der Waals surface area contributed by atoms with Crippen LogP contribution in [0.5, 0.6) is 0 Å². The first kappa shape index (κ1) is 22.6. The highest BCUT2D eigenvalue weighted by Gasteiger charge is 2.18. The van der Waals surface area contributed by atoms with E-state index in [1.54, 1.807) is 0 Å². The van der Waals surface area contributed by atoms with E-state index in [1.165, 1.54) is 79.9 Å². The average molecular weight is 481 g/mol. The number of nitrogens with one attached hydrogen (secondary N) is 2. The molecule has 8 nitrogen and oxygen atoms in total. The minimum Gasteiger partial charge on any atom is -0.465 e. The second kappa shape index (κ2) is 8.96. The summed E-state index contributed by atoms with van der Waals surface area (Å²) < 4.78 is 59.8. The maximum Gasteiger partial charge on any atom is 0.337 e. The lowest BCUT2D eigenvalue weighted by Crippen LogP contribution is -2.15. The molecule has 0 saturated heterocycles. The van der Waals surface area contributed by atoms with Crippen molar-refractivity contribution >= 4 is 49.0 Å². The average Bonchev–Trinajstić information content (AvgIpc) is 2.74. The Kier molecular flexibility index (Phi) is 6.54. The molecule has 0 aromatic heterocycles. The Morgan fingerprint density at radius 3 is 1.97 bits per heavy atom. The highest BCUT2D eigenvalue weighted by atomic mass is 35.5. The van der Waals surface area contributed by atoms with E-state index in [9.17, 15) is 21.6 Å². The molecule has 0 aliphatic carbocycles. The predicted molar refractivity (Wildman–Crippen MR) is 117 cm³/mol. The first-order chi connectivity index (χ1) is 14.6. The molecule has 31 heavy (non-hydrogen) atoms. The molecule has 0 unspecified atom stereocenters. The Labute approximate surface area is 184 Å². The summed E-state index contributed by atoms with van der Waals surface area (Å²) in [5.41, 5.74) is 0.555. The molecule has 3 aromatic rings. The molecule has 0 saturated carbocycles. The van der Waals surface area contributed by atoms with E-state index < -0.39 is 26.0 Å². The Morgan fingerprint density at radius 1 is 0.774 bits per heavy atom. The molecular weight excluding hydrogens is 464 g/mol. The Hall–Kier alpha value is -3.08. The molecule has 0 bridgehead atoms. The van der Waals surface area contributed by atoms with Crippen molar-refractivity contribution in [1.29, 1.82) is 0 Å². The fourth-order valence-electron chi connectivity index (χ4n) is 2.56. The lowest BCUT2D eigenvalue weighted by molar-refractivity contribution is 0.0600. The van der Waals surface area contributed by atoms with Gasteiger partial charge in [0.05, 0.1) is 28.2 Å². The maximum atomic E-state index is 12.6. The Balaban J connectivity index is 1.82. The van der Waals surface area contributed by atoms with Gasteiger partial charge in [0.25, 0.3) is 20.0 Å². The van der Waals surface area contributed by atoms with Crippen molar-refractivity contribution in [3.8, 4) is 0 Å². The predicted octanol–water partition coefficient (Wildman–Crippen LogP) is 3.73. The third kappa shape index (κ3) is 5.54. The quantitative estimate of drug-likeness (QED) is 0.497. The van der Waals surface area contributed by atoms with Crippen molar-refractivity contribution in [1.82, 2.24) is 0 Å². The SMILES string of the molecule is COC(=O)c1ccc(S(=O)(=O)Nc2cccc(S(=O)(=O)Nc3ccc(Cl)cc3)c2)cc1. The van der Waals surface area contributed by atoms with Crippen molar-refractivity contribution in [2.75, 3.05) is 16.6 Å². The van der Waals surface area contributed by atoms with Crippen LogP contribution in [0.3, 0.4) is 0 Å². The van der Waals surface area contributed by atoms with E-state index in [1.807, 2.05) is 0 Å². The molecule has 0 aliphatic heterocycles. The number of halogens is 1. The molecule has 11 heteroatoms. The van der Waals surface area contributed by atoms with Gasteiger partial charge in [0.15, 0.2) is 0 Å². The van der Waals surface area contributed by atoms with E-state index in [4.69, 9.17) is 11.6 Å². The van der Waals surface area contributed by atoms with Gasteiger partial charge in [-0.2, -0.15) is 0 Å². The number of carbonyl (C=O) groups excluding carboxylic acids is 1. The first-order valence-electron chi connectivity index (χ1n) is 8.70. The van der Waals surface area contributed by atoms with Crippen LogP contribution < -0.4 is 9.44 Å². The van der Waals surface area contributed by atoms with Crippen LogP contribution in [0.2, 0.25) is 5.02 Å². The molecule has 0 aliphatic rings. The monoisotopic (exact) mass is 480 g/mol. The number of sulfonamides is 2. The number of esters is 1. The normalized spacial score (nSPS) is 11.5. The van der Waals surface area contributed by atoms with Gasteiger partial charge < -0.3 is 4.74 Å². The molecule has 0 heterocycles. The van der Waals surface area contributed by atoms with Gasteiger partial charge in [-0.25, -0.2) is 21.6 Å². The minimum absolute atomic E-state index is 0.0519. The van der Waals surface area contributed by atoms with Crippen LogP contribution in [0.25, 0.3) is 0 Å². The second-order valence-electron chi connectivity index (χ2n) is 6.26. The number of benzene rings is 3. The van der Waals surface area contributed by atoms with Crippen LogP contribution in [0.15, 0.2) is 82.6 Å². The summed E-state index contributed by atoms with van der Waals surface area (Å²) in [5, 5.41) is 0.457. The van der Waals surface area contributed by atoms with Gasteiger partial charge in [0, 0.05) is 10.7 Å². The van der Waals surface area contributed by atoms with E-state index in [0.717, 1.165) is 0 Å². The summed E-state index contributed by atoms with van der Waals surface area (Å²) in [6.45, 7) is 0. The van der Waals surface area contributed by atoms with E-state index in [0.29, 0.717) is 10.7 Å². The Bertz CT molecular complexity index is 1310. The van der Waals surface area contributed by atoms with Gasteiger partial charge in [0.1, 0.15) is 0 Å². The third-order valence-electron chi connectivity index (χ3n) is 4.08. The van der Waals surface area contributed by atoms with Gasteiger partial charge in [-0.3, -0.25) is 9.44 Å². The number of rotatable bonds is 7. The van der Waals surface area contributed by atoms with E-state index >= 15 is 0 Å². The zero-order valence-electron chi connectivity index (χ0n) is 16.1. The molecule has 0 amide bonds. The van der Waals surface area contributed by atoms with Gasteiger partial charge in [-0.1, -0.05) is 17.7 Å². The lowest BCUT2D eigenvalue weighted by Gasteiger charge is -2.12. The highest BCUT2D eigenvalue weighted by Crippen LogP contribution is 2.23. The van der Waals surface area contributed by atoms with Crippen LogP contribution in [0, 0.1) is 0 Å². The third-order valence-corrected chi connectivity index (χ3v) is 7.11. The summed E-state index contributed by atoms with van der Waals surface area (Å²) in [7, 11) is -6.77. The fourth-order valence-corrected chi connectivity index (χ4v) is 4.84. The van der Waals surface area contributed by atoms with Crippen LogP contribution in [0.1, 0.15) is 10.4 Å². The van der Waals surface area contributed by atoms with Crippen molar-refractivity contribution in [3.63, 3.8) is 0 Å². The molecule has 162 valence electrons. The molecule has 3 aromatic carbocycles. The summed E-state index contributed by atoms with van der Waals surface area (Å²) in [5.74, 6) is -0.594. The number of hydrogen-bond donors (Lipinski definition) is 2. The van der Waals surface area contributed by atoms with Crippen molar-refractivity contribution in [2.45, 2.75) is 9.79 Å². The zero-order chi connectivity index (χ0) is 22.6. The minimum atomic E-state index is -4.02. The topological polar surface area (TPSA) is 119 Å². The number of hydrogen-bond acceptors (Lipinski definition) is 6. The Morgan fingerprint density at radius 2 is 1.35 bits per heavy atom. The highest BCUT2D eigenvalue weighted by molar-refractivity contribution is 7.93. The smallest absolute Gasteiger partial charge is 0.337 e. The molecule has 2 N–H and O–H groups in total. The maximum absolute atomic E-state index is 12.6. The fraction of sp³-hybridized carbons (Fsp3) is 0.0500. The van der Waals surface area contributed by atoms with Gasteiger partial charge in [0.2, 0.25) is 0 Å². The largest absolute Gasteiger partial charge is 0.465 e. The number of methoxy groups -OCH3 is 1. The van der Waals surface area contributed by atoms with Crippen molar-refractivity contribution < 1.29 is 26.4 Å². The molecule has 0 radical (unpaired) electrons. The summed E-state index contributed by atoms with van der Waals surface area (Å²) in [4.78, 5) is 11.2. The number of ether oxygens (including phenoxy) is 1. The number of carbonyl (C=O) groups is 1. The van der Waals surface area contributed by atoms with Gasteiger partial charge >= 0.3 is 5.97 Å². The van der Waals surface area contributed by atoms with Crippen LogP contribution in [-0.4, -0.2) is 29.9 Å². The van der Waals surface area contributed by atoms with Gasteiger partial charge in [-0.15, -0.1) is 0 Å². The lowest BCUT2D eigenvalue weighted by atomic mass is 10.2. The van der Waals surface area contributed by atoms with E-state index in [2.05, 4.69) is 14.2 Å². The molecular formula is C20H17ClN2O6S2. The van der Waals surface area contributed by atoms with Crippen LogP contribution in [0.4, 0.5) is 11.4 Å². The second-order valence-corrected chi connectivity index (χ2v) is 10.1. The molecule has 0 fully saturated rings. The van der Waals surface area contributed by atoms with Gasteiger partial charge in [-0.05, 0) is 66.7 Å².